The van der Waals surface area contributed by atoms with Crippen LogP contribution in [-0.4, -0.2) is 41.1 Å². The molecule has 0 aliphatic heterocycles. The normalized spacial score (nSPS) is 18.3. The number of halogens is 3. The molecule has 5 nitrogen and oxygen atoms in total. The topological polar surface area (TPSA) is 77.8 Å². The van der Waals surface area contributed by atoms with Crippen molar-refractivity contribution in [3.05, 3.63) is 82.9 Å². The summed E-state index contributed by atoms with van der Waals surface area (Å²) in [4.78, 5) is 21.3. The Hall–Kier alpha value is -3.13. The molecule has 8 heteroatoms. The van der Waals surface area contributed by atoms with Crippen LogP contribution in [0.4, 0.5) is 13.2 Å². The molecule has 0 saturated carbocycles. The molecule has 0 amide bonds. The highest BCUT2D eigenvalue weighted by Gasteiger charge is 2.33. The summed E-state index contributed by atoms with van der Waals surface area (Å²) >= 11 is 0. The maximum Gasteiger partial charge on any atom is 0.416 e. The van der Waals surface area contributed by atoms with Gasteiger partial charge in [-0.1, -0.05) is 42.5 Å². The molecule has 2 aromatic rings. The van der Waals surface area contributed by atoms with Gasteiger partial charge in [-0.15, -0.1) is 0 Å². The van der Waals surface area contributed by atoms with Crippen LogP contribution in [0.1, 0.15) is 47.1 Å². The minimum Gasteiger partial charge on any atom is -0.478 e. The van der Waals surface area contributed by atoms with Crippen molar-refractivity contribution in [1.82, 2.24) is 4.90 Å². The van der Waals surface area contributed by atoms with E-state index in [4.69, 9.17) is 10.2 Å². The number of carboxylic acid groups (broad SMARTS) is 2. The third kappa shape index (κ3) is 6.68. The number of hydrogen-bond acceptors (Lipinski definition) is 3. The molecule has 0 radical (unpaired) electrons. The highest BCUT2D eigenvalue weighted by molar-refractivity contribution is 5.89. The Bertz CT molecular complexity index is 938. The van der Waals surface area contributed by atoms with E-state index in [1.165, 1.54) is 17.7 Å². The number of benzene rings is 2. The largest absolute Gasteiger partial charge is 0.478 e. The predicted molar refractivity (Wildman–Crippen MR) is 110 cm³/mol. The second-order valence-electron chi connectivity index (χ2n) is 7.37. The van der Waals surface area contributed by atoms with Gasteiger partial charge in [0, 0.05) is 24.1 Å². The average molecular weight is 435 g/mol. The molecule has 0 unspecified atom stereocenters. The maximum absolute atomic E-state index is 13.0. The molecule has 0 aromatic heterocycles. The predicted octanol–water partition coefficient (Wildman–Crippen LogP) is 4.95. The lowest BCUT2D eigenvalue weighted by molar-refractivity contribution is -0.137. The third-order valence-corrected chi connectivity index (χ3v) is 5.07. The lowest BCUT2D eigenvalue weighted by atomic mass is 9.76. The van der Waals surface area contributed by atoms with Gasteiger partial charge in [0.05, 0.1) is 5.56 Å². The van der Waals surface area contributed by atoms with Crippen molar-refractivity contribution in [3.8, 4) is 0 Å². The summed E-state index contributed by atoms with van der Waals surface area (Å²) in [6.45, 7) is 0. The standard InChI is InChI=1S/C19H20F3N.C4H4O4/c1-23(2)18-11-10-15(16-8-3-4-9-17(16)18)13-6-5-7-14(12-13)19(20,21)22;5-3(6)1-2-4(7)8/h3-9,12,15,18H,10-11H2,1-2H3;1-2H,(H,5,6)(H,7,8)/b;2-1-/t15-,18+;/m0./s1. The molecule has 31 heavy (non-hydrogen) atoms. The first-order valence-corrected chi connectivity index (χ1v) is 9.57. The van der Waals surface area contributed by atoms with Gasteiger partial charge >= 0.3 is 18.1 Å². The van der Waals surface area contributed by atoms with Crippen molar-refractivity contribution in [2.75, 3.05) is 14.1 Å². The molecule has 0 bridgehead atoms. The van der Waals surface area contributed by atoms with E-state index in [1.807, 2.05) is 32.3 Å². The third-order valence-electron chi connectivity index (χ3n) is 5.07. The number of carbonyl (C=O) groups is 2. The molecule has 0 heterocycles. The number of hydrogen-bond donors (Lipinski definition) is 2. The first-order chi connectivity index (χ1) is 14.5. The van der Waals surface area contributed by atoms with Gasteiger partial charge in [-0.3, -0.25) is 0 Å². The summed E-state index contributed by atoms with van der Waals surface area (Å²) in [6.07, 6.45) is -1.37. The fourth-order valence-corrected chi connectivity index (χ4v) is 3.72. The molecule has 2 N–H and O–H groups in total. The van der Waals surface area contributed by atoms with E-state index in [-0.39, 0.29) is 5.92 Å². The second-order valence-corrected chi connectivity index (χ2v) is 7.37. The van der Waals surface area contributed by atoms with Crippen LogP contribution in [0.15, 0.2) is 60.7 Å². The van der Waals surface area contributed by atoms with Crippen LogP contribution in [0.5, 0.6) is 0 Å². The quantitative estimate of drug-likeness (QED) is 0.665. The van der Waals surface area contributed by atoms with Crippen LogP contribution in [-0.2, 0) is 15.8 Å². The second kappa shape index (κ2) is 10.3. The van der Waals surface area contributed by atoms with E-state index in [0.717, 1.165) is 30.0 Å². The van der Waals surface area contributed by atoms with Gasteiger partial charge in [-0.05, 0) is 49.7 Å². The summed E-state index contributed by atoms with van der Waals surface area (Å²) < 4.78 is 39.0. The number of nitrogens with zero attached hydrogens (tertiary/aromatic N) is 1. The first-order valence-electron chi connectivity index (χ1n) is 9.57. The molecule has 0 saturated heterocycles. The molecule has 2 aromatic carbocycles. The molecular weight excluding hydrogens is 411 g/mol. The molecule has 2 atom stereocenters. The van der Waals surface area contributed by atoms with E-state index in [9.17, 15) is 22.8 Å². The lowest BCUT2D eigenvalue weighted by Crippen LogP contribution is -2.26. The van der Waals surface area contributed by atoms with Crippen LogP contribution in [0.3, 0.4) is 0 Å². The van der Waals surface area contributed by atoms with Gasteiger partial charge < -0.3 is 15.1 Å². The monoisotopic (exact) mass is 435 g/mol. The van der Waals surface area contributed by atoms with Gasteiger partial charge in [0.25, 0.3) is 0 Å². The Balaban J connectivity index is 0.000000366. The summed E-state index contributed by atoms with van der Waals surface area (Å²) in [5, 5.41) is 15.6. The van der Waals surface area contributed by atoms with Gasteiger partial charge in [0.15, 0.2) is 0 Å². The van der Waals surface area contributed by atoms with Crippen LogP contribution in [0, 0.1) is 0 Å². The molecule has 0 spiro atoms. The van der Waals surface area contributed by atoms with Crippen LogP contribution in [0.25, 0.3) is 0 Å². The lowest BCUT2D eigenvalue weighted by Gasteiger charge is -2.35. The molecule has 166 valence electrons. The van der Waals surface area contributed by atoms with E-state index >= 15 is 0 Å². The Morgan fingerprint density at radius 3 is 2.03 bits per heavy atom. The van der Waals surface area contributed by atoms with Crippen molar-refractivity contribution >= 4 is 11.9 Å². The average Bonchev–Trinajstić information content (AvgIpc) is 2.71. The van der Waals surface area contributed by atoms with Crippen LogP contribution >= 0.6 is 0 Å². The molecule has 1 aliphatic carbocycles. The van der Waals surface area contributed by atoms with E-state index in [0.29, 0.717) is 18.2 Å². The fourth-order valence-electron chi connectivity index (χ4n) is 3.72. The Kier molecular flexibility index (Phi) is 7.99. The molecule has 1 aliphatic rings. The highest BCUT2D eigenvalue weighted by atomic mass is 19.4. The van der Waals surface area contributed by atoms with Crippen molar-refractivity contribution < 1.29 is 33.0 Å². The van der Waals surface area contributed by atoms with Gasteiger partial charge in [0.1, 0.15) is 0 Å². The Morgan fingerprint density at radius 1 is 0.935 bits per heavy atom. The number of aliphatic carboxylic acids is 2. The van der Waals surface area contributed by atoms with Gasteiger partial charge in [0.2, 0.25) is 0 Å². The SMILES string of the molecule is CN(C)[C@@H]1CC[C@@H](c2cccc(C(F)(F)F)c2)c2ccccc21.O=C(O)/C=C\C(=O)O. The molecule has 0 fully saturated rings. The van der Waals surface area contributed by atoms with Crippen molar-refractivity contribution in [2.24, 2.45) is 0 Å². The molecular formula is C23H24F3NO4. The zero-order chi connectivity index (χ0) is 23.2. The number of alkyl halides is 3. The van der Waals surface area contributed by atoms with Crippen molar-refractivity contribution in [3.63, 3.8) is 0 Å². The zero-order valence-corrected chi connectivity index (χ0v) is 17.1. The van der Waals surface area contributed by atoms with E-state index in [1.54, 1.807) is 0 Å². The summed E-state index contributed by atoms with van der Waals surface area (Å²) in [7, 11) is 4.10. The van der Waals surface area contributed by atoms with Crippen LogP contribution < -0.4 is 0 Å². The summed E-state index contributed by atoms with van der Waals surface area (Å²) in [5.41, 5.74) is 2.56. The van der Waals surface area contributed by atoms with E-state index < -0.39 is 23.7 Å². The highest BCUT2D eigenvalue weighted by Crippen LogP contribution is 2.43. The Morgan fingerprint density at radius 2 is 1.52 bits per heavy atom. The number of rotatable bonds is 4. The minimum atomic E-state index is -4.30. The number of carboxylic acids is 2. The molecule has 3 rings (SSSR count). The first kappa shape index (κ1) is 24.1. The maximum atomic E-state index is 13.0. The Labute approximate surface area is 178 Å². The van der Waals surface area contributed by atoms with E-state index in [2.05, 4.69) is 17.0 Å². The zero-order valence-electron chi connectivity index (χ0n) is 17.1. The fraction of sp³-hybridized carbons (Fsp3) is 0.304. The summed E-state index contributed by atoms with van der Waals surface area (Å²) in [5.74, 6) is -2.48. The smallest absolute Gasteiger partial charge is 0.416 e. The van der Waals surface area contributed by atoms with Gasteiger partial charge in [-0.25, -0.2) is 9.59 Å². The van der Waals surface area contributed by atoms with Gasteiger partial charge in [-0.2, -0.15) is 13.2 Å². The minimum absolute atomic E-state index is 0.0321. The van der Waals surface area contributed by atoms with Crippen molar-refractivity contribution in [2.45, 2.75) is 31.0 Å². The van der Waals surface area contributed by atoms with Crippen LogP contribution in [0.2, 0.25) is 0 Å². The number of fused-ring (bicyclic) bond motifs is 1. The van der Waals surface area contributed by atoms with Crippen molar-refractivity contribution in [1.29, 1.82) is 0 Å². The summed E-state index contributed by atoms with van der Waals surface area (Å²) in [6, 6.07) is 14.2.